The molecule has 0 aromatic rings. The molecule has 0 unspecified atom stereocenters. The third-order valence-electron chi connectivity index (χ3n) is 5.59. The Labute approximate surface area is 137 Å². The second-order valence-electron chi connectivity index (χ2n) is 7.54. The summed E-state index contributed by atoms with van der Waals surface area (Å²) in [5, 5.41) is 3.18. The minimum atomic E-state index is -0.412. The average Bonchev–Trinajstić information content (AvgIpc) is 2.48. The zero-order valence-electron chi connectivity index (χ0n) is 13.7. The first-order chi connectivity index (χ1) is 11.1. The second kappa shape index (κ2) is 6.93. The summed E-state index contributed by atoms with van der Waals surface area (Å²) in [5.74, 6) is 2.01. The van der Waals surface area contributed by atoms with Gasteiger partial charge in [0.05, 0.1) is 13.2 Å². The summed E-state index contributed by atoms with van der Waals surface area (Å²) in [6.07, 6.45) is 9.72. The number of alkyl carbamates (subject to hydrolysis) is 1. The van der Waals surface area contributed by atoms with Gasteiger partial charge < -0.3 is 14.8 Å². The molecule has 0 aliphatic heterocycles. The minimum Gasteiger partial charge on any atom is -0.463 e. The van der Waals surface area contributed by atoms with E-state index in [2.05, 4.69) is 11.9 Å². The van der Waals surface area contributed by atoms with Gasteiger partial charge >= 0.3 is 12.1 Å². The maximum absolute atomic E-state index is 12.1. The fourth-order valence-electron chi connectivity index (χ4n) is 5.12. The summed E-state index contributed by atoms with van der Waals surface area (Å²) in [4.78, 5) is 23.0. The molecule has 23 heavy (non-hydrogen) atoms. The van der Waals surface area contributed by atoms with Crippen LogP contribution in [-0.2, 0) is 14.3 Å². The Morgan fingerprint density at radius 1 is 1.00 bits per heavy atom. The molecule has 4 aliphatic carbocycles. The minimum absolute atomic E-state index is 0.00528. The van der Waals surface area contributed by atoms with Crippen LogP contribution < -0.4 is 5.32 Å². The lowest BCUT2D eigenvalue weighted by molar-refractivity contribution is -0.137. The third kappa shape index (κ3) is 4.06. The van der Waals surface area contributed by atoms with E-state index < -0.39 is 5.97 Å². The lowest BCUT2D eigenvalue weighted by Gasteiger charge is -2.56. The standard InChI is InChI=1S/C18H27NO4/c1-2-16(20)22-5-3-4-6-23-17(21)19-18-10-13-7-14(11-18)9-15(8-13)12-18/h2,13-15H,1,3-12H2,(H,19,21). The van der Waals surface area contributed by atoms with Crippen LogP contribution in [0.1, 0.15) is 51.4 Å². The first-order valence-electron chi connectivity index (χ1n) is 8.83. The third-order valence-corrected chi connectivity index (χ3v) is 5.59. The van der Waals surface area contributed by atoms with Gasteiger partial charge in [0.15, 0.2) is 0 Å². The second-order valence-corrected chi connectivity index (χ2v) is 7.54. The number of esters is 1. The van der Waals surface area contributed by atoms with E-state index in [4.69, 9.17) is 9.47 Å². The number of amides is 1. The Morgan fingerprint density at radius 2 is 1.52 bits per heavy atom. The highest BCUT2D eigenvalue weighted by Crippen LogP contribution is 2.55. The summed E-state index contributed by atoms with van der Waals surface area (Å²) < 4.78 is 10.2. The van der Waals surface area contributed by atoms with Gasteiger partial charge in [-0.1, -0.05) is 6.58 Å². The van der Waals surface area contributed by atoms with E-state index in [1.54, 1.807) is 0 Å². The SMILES string of the molecule is C=CC(=O)OCCCCOC(=O)NC12CC3CC(CC(C3)C1)C2. The van der Waals surface area contributed by atoms with Crippen LogP contribution in [0.25, 0.3) is 0 Å². The summed E-state index contributed by atoms with van der Waals surface area (Å²) in [5.41, 5.74) is 0.00528. The summed E-state index contributed by atoms with van der Waals surface area (Å²) >= 11 is 0. The molecule has 1 amide bonds. The Kier molecular flexibility index (Phi) is 4.93. The van der Waals surface area contributed by atoms with Crippen molar-refractivity contribution in [2.24, 2.45) is 17.8 Å². The van der Waals surface area contributed by atoms with Crippen molar-refractivity contribution in [2.75, 3.05) is 13.2 Å². The van der Waals surface area contributed by atoms with Gasteiger partial charge in [-0.15, -0.1) is 0 Å². The molecule has 4 aliphatic rings. The van der Waals surface area contributed by atoms with Crippen molar-refractivity contribution in [1.29, 1.82) is 0 Å². The zero-order valence-corrected chi connectivity index (χ0v) is 13.7. The fourth-order valence-corrected chi connectivity index (χ4v) is 5.12. The molecule has 0 saturated heterocycles. The van der Waals surface area contributed by atoms with E-state index in [-0.39, 0.29) is 11.6 Å². The molecule has 0 spiro atoms. The van der Waals surface area contributed by atoms with Gasteiger partial charge in [-0.2, -0.15) is 0 Å². The van der Waals surface area contributed by atoms with Gasteiger partial charge in [0.2, 0.25) is 0 Å². The Bertz CT molecular complexity index is 438. The highest BCUT2D eigenvalue weighted by molar-refractivity contribution is 5.81. The quantitative estimate of drug-likeness (QED) is 0.444. The van der Waals surface area contributed by atoms with Crippen molar-refractivity contribution in [3.63, 3.8) is 0 Å². The van der Waals surface area contributed by atoms with Crippen LogP contribution >= 0.6 is 0 Å². The van der Waals surface area contributed by atoms with E-state index in [9.17, 15) is 9.59 Å². The molecular weight excluding hydrogens is 294 g/mol. The van der Waals surface area contributed by atoms with Crippen molar-refractivity contribution in [1.82, 2.24) is 5.32 Å². The average molecular weight is 321 g/mol. The van der Waals surface area contributed by atoms with Gasteiger partial charge in [0.25, 0.3) is 0 Å². The van der Waals surface area contributed by atoms with Crippen LogP contribution in [0.2, 0.25) is 0 Å². The number of nitrogens with one attached hydrogen (secondary N) is 1. The molecule has 4 fully saturated rings. The molecule has 4 rings (SSSR count). The summed E-state index contributed by atoms with van der Waals surface area (Å²) in [7, 11) is 0. The molecular formula is C18H27NO4. The van der Waals surface area contributed by atoms with Gasteiger partial charge in [0.1, 0.15) is 0 Å². The summed E-state index contributed by atoms with van der Waals surface area (Å²) in [6.45, 7) is 4.04. The molecule has 0 aromatic heterocycles. The van der Waals surface area contributed by atoms with Gasteiger partial charge in [-0.25, -0.2) is 9.59 Å². The van der Waals surface area contributed by atoms with Crippen LogP contribution in [0.4, 0.5) is 4.79 Å². The van der Waals surface area contributed by atoms with E-state index in [1.165, 1.54) is 19.3 Å². The molecule has 5 heteroatoms. The van der Waals surface area contributed by atoms with Gasteiger partial charge in [0, 0.05) is 11.6 Å². The molecule has 0 aromatic carbocycles. The van der Waals surface area contributed by atoms with Crippen LogP contribution in [0.3, 0.4) is 0 Å². The number of rotatable bonds is 7. The number of hydrogen-bond donors (Lipinski definition) is 1. The molecule has 0 heterocycles. The highest BCUT2D eigenvalue weighted by Gasteiger charge is 2.51. The van der Waals surface area contributed by atoms with Crippen molar-refractivity contribution >= 4 is 12.1 Å². The van der Waals surface area contributed by atoms with Crippen molar-refractivity contribution in [3.05, 3.63) is 12.7 Å². The highest BCUT2D eigenvalue weighted by atomic mass is 16.5. The monoisotopic (exact) mass is 321 g/mol. The number of carbonyl (C=O) groups excluding carboxylic acids is 2. The normalized spacial score (nSPS) is 34.0. The van der Waals surface area contributed by atoms with E-state index in [0.29, 0.717) is 26.1 Å². The Hall–Kier alpha value is -1.52. The largest absolute Gasteiger partial charge is 0.463 e. The zero-order chi connectivity index (χ0) is 16.3. The van der Waals surface area contributed by atoms with Crippen LogP contribution in [0.5, 0.6) is 0 Å². The van der Waals surface area contributed by atoms with Crippen LogP contribution in [0.15, 0.2) is 12.7 Å². The molecule has 5 nitrogen and oxygen atoms in total. The number of unbranched alkanes of at least 4 members (excludes halogenated alkanes) is 1. The van der Waals surface area contributed by atoms with E-state index >= 15 is 0 Å². The van der Waals surface area contributed by atoms with E-state index in [0.717, 1.165) is 43.1 Å². The fraction of sp³-hybridized carbons (Fsp3) is 0.778. The maximum atomic E-state index is 12.1. The molecule has 4 saturated carbocycles. The van der Waals surface area contributed by atoms with Crippen molar-refractivity contribution in [3.8, 4) is 0 Å². The molecule has 1 N–H and O–H groups in total. The molecule has 0 atom stereocenters. The number of carbonyl (C=O) groups is 2. The van der Waals surface area contributed by atoms with Crippen LogP contribution in [-0.4, -0.2) is 30.8 Å². The number of hydrogen-bond acceptors (Lipinski definition) is 4. The summed E-state index contributed by atoms with van der Waals surface area (Å²) in [6, 6.07) is 0. The van der Waals surface area contributed by atoms with Crippen molar-refractivity contribution in [2.45, 2.75) is 56.9 Å². The molecule has 4 bridgehead atoms. The first-order valence-corrected chi connectivity index (χ1v) is 8.83. The topological polar surface area (TPSA) is 64.6 Å². The Balaban J connectivity index is 1.34. The lowest BCUT2D eigenvalue weighted by atomic mass is 9.53. The smallest absolute Gasteiger partial charge is 0.407 e. The van der Waals surface area contributed by atoms with Gasteiger partial charge in [-0.05, 0) is 69.1 Å². The predicted molar refractivity (Wildman–Crippen MR) is 85.8 cm³/mol. The molecule has 0 radical (unpaired) electrons. The van der Waals surface area contributed by atoms with E-state index in [1.807, 2.05) is 0 Å². The van der Waals surface area contributed by atoms with Crippen molar-refractivity contribution < 1.29 is 19.1 Å². The van der Waals surface area contributed by atoms with Gasteiger partial charge in [-0.3, -0.25) is 0 Å². The Morgan fingerprint density at radius 3 is 2.04 bits per heavy atom. The maximum Gasteiger partial charge on any atom is 0.407 e. The lowest BCUT2D eigenvalue weighted by Crippen LogP contribution is -2.59. The predicted octanol–water partition coefficient (Wildman–Crippen LogP) is 3.19. The molecule has 128 valence electrons. The van der Waals surface area contributed by atoms with Crippen LogP contribution in [0, 0.1) is 17.8 Å². The first kappa shape index (κ1) is 16.3. The number of ether oxygens (including phenoxy) is 2.